The van der Waals surface area contributed by atoms with Crippen molar-refractivity contribution >= 4 is 21.4 Å². The molecule has 0 aliphatic heterocycles. The normalized spacial score (nSPS) is 24.5. The molecule has 0 saturated carbocycles. The van der Waals surface area contributed by atoms with Crippen molar-refractivity contribution < 1.29 is 8.42 Å². The Morgan fingerprint density at radius 3 is 2.65 bits per heavy atom. The Balaban J connectivity index is 2.48. The minimum Gasteiger partial charge on any atom is -0.229 e. The molecule has 100 valence electrons. The molecule has 0 saturated heterocycles. The summed E-state index contributed by atoms with van der Waals surface area (Å²) in [6.07, 6.45) is 5.76. The number of alkyl halides is 1. The van der Waals surface area contributed by atoms with Crippen LogP contribution in [0.1, 0.15) is 46.5 Å². The van der Waals surface area contributed by atoms with Crippen molar-refractivity contribution in [3.05, 3.63) is 11.6 Å². The molecule has 0 radical (unpaired) electrons. The Morgan fingerprint density at radius 1 is 1.47 bits per heavy atom. The maximum absolute atomic E-state index is 11.4. The highest BCUT2D eigenvalue weighted by atomic mass is 35.5. The zero-order valence-electron chi connectivity index (χ0n) is 11.0. The molecule has 1 rings (SSSR count). The first kappa shape index (κ1) is 15.0. The van der Waals surface area contributed by atoms with Crippen molar-refractivity contribution in [3.63, 3.8) is 0 Å². The Labute approximate surface area is 110 Å². The van der Waals surface area contributed by atoms with Crippen LogP contribution in [0.25, 0.3) is 0 Å². The fraction of sp³-hybridized carbons (Fsp3) is 0.846. The van der Waals surface area contributed by atoms with Crippen LogP contribution in [-0.4, -0.2) is 25.3 Å². The zero-order valence-corrected chi connectivity index (χ0v) is 12.6. The molecule has 0 aromatic carbocycles. The largest absolute Gasteiger partial charge is 0.229 e. The fourth-order valence-electron chi connectivity index (χ4n) is 2.42. The monoisotopic (exact) mass is 278 g/mol. The lowest BCUT2D eigenvalue weighted by molar-refractivity contribution is 0.318. The van der Waals surface area contributed by atoms with E-state index < -0.39 is 9.84 Å². The quantitative estimate of drug-likeness (QED) is 0.569. The van der Waals surface area contributed by atoms with Gasteiger partial charge in [0.15, 0.2) is 0 Å². The van der Waals surface area contributed by atoms with Gasteiger partial charge in [0, 0.05) is 5.75 Å². The molecule has 0 fully saturated rings. The van der Waals surface area contributed by atoms with E-state index in [1.165, 1.54) is 5.57 Å². The van der Waals surface area contributed by atoms with Crippen LogP contribution in [0.4, 0.5) is 0 Å². The minimum absolute atomic E-state index is 0.108. The lowest BCUT2D eigenvalue weighted by atomic mass is 9.76. The fourth-order valence-corrected chi connectivity index (χ4v) is 3.89. The van der Waals surface area contributed by atoms with E-state index in [2.05, 4.69) is 19.9 Å². The second kappa shape index (κ2) is 5.75. The summed E-state index contributed by atoms with van der Waals surface area (Å²) in [7, 11) is -2.82. The van der Waals surface area contributed by atoms with Crippen LogP contribution in [0.2, 0.25) is 0 Å². The van der Waals surface area contributed by atoms with Crippen molar-refractivity contribution in [2.75, 3.05) is 11.5 Å². The third-order valence-electron chi connectivity index (χ3n) is 3.26. The Kier molecular flexibility index (Phi) is 5.08. The Morgan fingerprint density at radius 2 is 2.12 bits per heavy atom. The summed E-state index contributed by atoms with van der Waals surface area (Å²) < 4.78 is 22.8. The van der Waals surface area contributed by atoms with Crippen LogP contribution in [0.3, 0.4) is 0 Å². The summed E-state index contributed by atoms with van der Waals surface area (Å²) in [6, 6.07) is 0. The van der Waals surface area contributed by atoms with Crippen LogP contribution in [-0.2, 0) is 9.84 Å². The second-order valence-electron chi connectivity index (χ2n) is 5.73. The van der Waals surface area contributed by atoms with E-state index in [1.54, 1.807) is 6.92 Å². The number of halogens is 1. The summed E-state index contributed by atoms with van der Waals surface area (Å²) in [4.78, 5) is 0. The maximum Gasteiger partial charge on any atom is 0.150 e. The zero-order chi connectivity index (χ0) is 13.1. The maximum atomic E-state index is 11.4. The van der Waals surface area contributed by atoms with E-state index in [9.17, 15) is 8.42 Å². The molecule has 0 aromatic heterocycles. The third-order valence-corrected chi connectivity index (χ3v) is 5.33. The molecule has 1 atom stereocenters. The molecule has 0 amide bonds. The van der Waals surface area contributed by atoms with Crippen LogP contribution in [0, 0.1) is 5.41 Å². The van der Waals surface area contributed by atoms with E-state index in [4.69, 9.17) is 11.6 Å². The minimum atomic E-state index is -2.82. The number of hydrogen-bond donors (Lipinski definition) is 0. The molecule has 2 nitrogen and oxygen atoms in total. The molecule has 0 aromatic rings. The first-order chi connectivity index (χ1) is 7.74. The first-order valence-corrected chi connectivity index (χ1v) is 8.54. The molecule has 1 aliphatic carbocycles. The van der Waals surface area contributed by atoms with E-state index in [0.717, 1.165) is 25.7 Å². The molecule has 0 spiro atoms. The highest BCUT2D eigenvalue weighted by Gasteiger charge is 2.27. The highest BCUT2D eigenvalue weighted by Crippen LogP contribution is 2.38. The van der Waals surface area contributed by atoms with E-state index in [1.807, 2.05) is 0 Å². The Hall–Kier alpha value is -0.0200. The molecule has 1 aliphatic rings. The van der Waals surface area contributed by atoms with Gasteiger partial charge in [0.05, 0.1) is 11.1 Å². The SMILES string of the molecule is CCS(=O)(=O)CCCC1=CC(Cl)CC(C)(C)C1. The van der Waals surface area contributed by atoms with Gasteiger partial charge in [-0.2, -0.15) is 0 Å². The molecule has 0 N–H and O–H groups in total. The molecule has 1 unspecified atom stereocenters. The standard InChI is InChI=1S/C13H23ClO2S/c1-4-17(15,16)7-5-6-11-8-12(14)10-13(2,3)9-11/h8,12H,4-7,9-10H2,1-3H3. The average Bonchev–Trinajstić information content (AvgIpc) is 2.14. The van der Waals surface area contributed by atoms with Gasteiger partial charge in [-0.1, -0.05) is 32.4 Å². The summed E-state index contributed by atoms with van der Waals surface area (Å²) >= 11 is 6.20. The first-order valence-electron chi connectivity index (χ1n) is 6.28. The van der Waals surface area contributed by atoms with Crippen LogP contribution in [0.5, 0.6) is 0 Å². The molecular formula is C13H23ClO2S. The highest BCUT2D eigenvalue weighted by molar-refractivity contribution is 7.91. The molecule has 4 heteroatoms. The lowest BCUT2D eigenvalue weighted by Gasteiger charge is -2.32. The topological polar surface area (TPSA) is 34.1 Å². The molecule has 0 heterocycles. The van der Waals surface area contributed by atoms with Gasteiger partial charge in [-0.25, -0.2) is 8.42 Å². The van der Waals surface area contributed by atoms with Crippen molar-refractivity contribution in [2.24, 2.45) is 5.41 Å². The van der Waals surface area contributed by atoms with Gasteiger partial charge in [0.1, 0.15) is 9.84 Å². The predicted molar refractivity (Wildman–Crippen MR) is 74.3 cm³/mol. The van der Waals surface area contributed by atoms with E-state index in [0.29, 0.717) is 5.75 Å². The lowest BCUT2D eigenvalue weighted by Crippen LogP contribution is -2.22. The average molecular weight is 279 g/mol. The van der Waals surface area contributed by atoms with E-state index >= 15 is 0 Å². The van der Waals surface area contributed by atoms with Gasteiger partial charge in [0.2, 0.25) is 0 Å². The molecular weight excluding hydrogens is 256 g/mol. The number of sulfone groups is 1. The summed E-state index contributed by atoms with van der Waals surface area (Å²) in [6.45, 7) is 6.14. The van der Waals surface area contributed by atoms with Crippen molar-refractivity contribution in [2.45, 2.75) is 51.8 Å². The van der Waals surface area contributed by atoms with Crippen molar-refractivity contribution in [1.29, 1.82) is 0 Å². The number of hydrogen-bond acceptors (Lipinski definition) is 2. The third kappa shape index (κ3) is 5.43. The van der Waals surface area contributed by atoms with Gasteiger partial charge in [-0.15, -0.1) is 11.6 Å². The smallest absolute Gasteiger partial charge is 0.150 e. The van der Waals surface area contributed by atoms with Crippen molar-refractivity contribution in [1.82, 2.24) is 0 Å². The van der Waals surface area contributed by atoms with Crippen LogP contribution >= 0.6 is 11.6 Å². The second-order valence-corrected chi connectivity index (χ2v) is 8.76. The summed E-state index contributed by atoms with van der Waals surface area (Å²) in [5, 5.41) is 0.108. The van der Waals surface area contributed by atoms with Crippen molar-refractivity contribution in [3.8, 4) is 0 Å². The van der Waals surface area contributed by atoms with Gasteiger partial charge in [0.25, 0.3) is 0 Å². The van der Waals surface area contributed by atoms with Crippen LogP contribution in [0.15, 0.2) is 11.6 Å². The summed E-state index contributed by atoms with van der Waals surface area (Å²) in [5.41, 5.74) is 1.58. The van der Waals surface area contributed by atoms with Gasteiger partial charge in [-0.05, 0) is 31.1 Å². The van der Waals surface area contributed by atoms with Crippen LogP contribution < -0.4 is 0 Å². The predicted octanol–water partition coefficient (Wildman–Crippen LogP) is 3.56. The molecule has 17 heavy (non-hydrogen) atoms. The Bertz CT molecular complexity index is 382. The number of allylic oxidation sites excluding steroid dienone is 2. The van der Waals surface area contributed by atoms with Gasteiger partial charge in [-0.3, -0.25) is 0 Å². The van der Waals surface area contributed by atoms with Gasteiger partial charge >= 0.3 is 0 Å². The van der Waals surface area contributed by atoms with E-state index in [-0.39, 0.29) is 16.5 Å². The molecule has 0 bridgehead atoms. The van der Waals surface area contributed by atoms with Gasteiger partial charge < -0.3 is 0 Å². The summed E-state index contributed by atoms with van der Waals surface area (Å²) in [5.74, 6) is 0.546. The number of rotatable bonds is 5.